The second kappa shape index (κ2) is 5.31. The monoisotopic (exact) mass is 171 g/mol. The van der Waals surface area contributed by atoms with Gasteiger partial charge in [0.05, 0.1) is 6.04 Å². The minimum absolute atomic E-state index is 0.124. The average molecular weight is 171 g/mol. The molecule has 2 unspecified atom stereocenters. The summed E-state index contributed by atoms with van der Waals surface area (Å²) in [6.07, 6.45) is 1.70. The SMILES string of the molecule is CCC(C)C(=O)C(N)CC(C)C. The summed E-state index contributed by atoms with van der Waals surface area (Å²) < 4.78 is 0. The fourth-order valence-corrected chi connectivity index (χ4v) is 1.19. The van der Waals surface area contributed by atoms with Crippen molar-refractivity contribution in [3.8, 4) is 0 Å². The normalized spacial score (nSPS) is 16.2. The summed E-state index contributed by atoms with van der Waals surface area (Å²) >= 11 is 0. The summed E-state index contributed by atoms with van der Waals surface area (Å²) in [5.74, 6) is 0.845. The molecule has 0 bridgehead atoms. The van der Waals surface area contributed by atoms with Crippen LogP contribution in [0.15, 0.2) is 0 Å². The van der Waals surface area contributed by atoms with Crippen molar-refractivity contribution in [3.05, 3.63) is 0 Å². The quantitative estimate of drug-likeness (QED) is 0.687. The summed E-state index contributed by atoms with van der Waals surface area (Å²) in [5, 5.41) is 0. The van der Waals surface area contributed by atoms with Crippen LogP contribution in [0.25, 0.3) is 0 Å². The van der Waals surface area contributed by atoms with Gasteiger partial charge < -0.3 is 5.73 Å². The minimum atomic E-state index is -0.250. The molecule has 0 fully saturated rings. The molecular formula is C10H21NO. The van der Waals surface area contributed by atoms with Crippen molar-refractivity contribution in [1.82, 2.24) is 0 Å². The van der Waals surface area contributed by atoms with Crippen LogP contribution in [0.3, 0.4) is 0 Å². The molecule has 0 radical (unpaired) electrons. The van der Waals surface area contributed by atoms with E-state index in [2.05, 4.69) is 13.8 Å². The van der Waals surface area contributed by atoms with Gasteiger partial charge in [0.1, 0.15) is 0 Å². The zero-order chi connectivity index (χ0) is 9.72. The van der Waals surface area contributed by atoms with Gasteiger partial charge in [0, 0.05) is 5.92 Å². The lowest BCUT2D eigenvalue weighted by atomic mass is 9.93. The Morgan fingerprint density at radius 1 is 1.33 bits per heavy atom. The molecule has 2 atom stereocenters. The lowest BCUT2D eigenvalue weighted by Crippen LogP contribution is -2.35. The molecule has 72 valence electrons. The van der Waals surface area contributed by atoms with E-state index in [-0.39, 0.29) is 17.7 Å². The summed E-state index contributed by atoms with van der Waals surface area (Å²) in [5.41, 5.74) is 5.75. The lowest BCUT2D eigenvalue weighted by molar-refractivity contribution is -0.124. The lowest BCUT2D eigenvalue weighted by Gasteiger charge is -2.16. The Bertz CT molecular complexity index is 143. The second-order valence-electron chi connectivity index (χ2n) is 3.95. The third kappa shape index (κ3) is 3.86. The standard InChI is InChI=1S/C10H21NO/c1-5-8(4)10(12)9(11)6-7(2)3/h7-9H,5-6,11H2,1-4H3. The molecule has 0 spiro atoms. The summed E-state index contributed by atoms with van der Waals surface area (Å²) in [6.45, 7) is 8.14. The average Bonchev–Trinajstić information content (AvgIpc) is 2.00. The molecule has 0 aliphatic rings. The number of Topliss-reactive ketones (excluding diaryl/α,β-unsaturated/α-hetero) is 1. The molecule has 0 aliphatic carbocycles. The predicted molar refractivity (Wildman–Crippen MR) is 51.9 cm³/mol. The topological polar surface area (TPSA) is 43.1 Å². The van der Waals surface area contributed by atoms with Crippen LogP contribution in [0, 0.1) is 11.8 Å². The van der Waals surface area contributed by atoms with Gasteiger partial charge in [-0.05, 0) is 18.8 Å². The maximum Gasteiger partial charge on any atom is 0.152 e. The second-order valence-corrected chi connectivity index (χ2v) is 3.95. The number of ketones is 1. The number of rotatable bonds is 5. The first kappa shape index (κ1) is 11.6. The van der Waals surface area contributed by atoms with Gasteiger partial charge >= 0.3 is 0 Å². The van der Waals surface area contributed by atoms with Crippen molar-refractivity contribution >= 4 is 5.78 Å². The van der Waals surface area contributed by atoms with E-state index in [1.54, 1.807) is 0 Å². The first-order valence-electron chi connectivity index (χ1n) is 4.78. The van der Waals surface area contributed by atoms with Crippen LogP contribution in [0.4, 0.5) is 0 Å². The molecule has 12 heavy (non-hydrogen) atoms. The maximum absolute atomic E-state index is 11.5. The fourth-order valence-electron chi connectivity index (χ4n) is 1.19. The number of hydrogen-bond donors (Lipinski definition) is 1. The third-order valence-electron chi connectivity index (χ3n) is 2.19. The highest BCUT2D eigenvalue weighted by Gasteiger charge is 2.19. The Hall–Kier alpha value is -0.370. The van der Waals surface area contributed by atoms with Crippen LogP contribution < -0.4 is 5.73 Å². The molecule has 0 saturated heterocycles. The third-order valence-corrected chi connectivity index (χ3v) is 2.19. The zero-order valence-corrected chi connectivity index (χ0v) is 8.63. The Balaban J connectivity index is 3.92. The summed E-state index contributed by atoms with van der Waals surface area (Å²) in [7, 11) is 0. The first-order chi connectivity index (χ1) is 5.49. The van der Waals surface area contributed by atoms with E-state index in [1.807, 2.05) is 13.8 Å². The Labute approximate surface area is 75.5 Å². The molecule has 0 amide bonds. The van der Waals surface area contributed by atoms with Crippen molar-refractivity contribution in [2.24, 2.45) is 17.6 Å². The molecule has 0 rings (SSSR count). The molecule has 0 heterocycles. The highest BCUT2D eigenvalue weighted by Crippen LogP contribution is 2.10. The maximum atomic E-state index is 11.5. The van der Waals surface area contributed by atoms with E-state index in [9.17, 15) is 4.79 Å². The highest BCUT2D eigenvalue weighted by molar-refractivity contribution is 5.85. The molecule has 0 aliphatic heterocycles. The predicted octanol–water partition coefficient (Wildman–Crippen LogP) is 1.98. The molecule has 2 nitrogen and oxygen atoms in total. The van der Waals surface area contributed by atoms with Crippen LogP contribution >= 0.6 is 0 Å². The first-order valence-corrected chi connectivity index (χ1v) is 4.78. The molecular weight excluding hydrogens is 150 g/mol. The van der Waals surface area contributed by atoms with Crippen LogP contribution in [-0.2, 0) is 4.79 Å². The van der Waals surface area contributed by atoms with Crippen molar-refractivity contribution in [2.75, 3.05) is 0 Å². The van der Waals surface area contributed by atoms with E-state index < -0.39 is 0 Å². The van der Waals surface area contributed by atoms with Gasteiger partial charge in [-0.2, -0.15) is 0 Å². The molecule has 2 N–H and O–H groups in total. The minimum Gasteiger partial charge on any atom is -0.321 e. The number of carbonyl (C=O) groups is 1. The Morgan fingerprint density at radius 3 is 2.17 bits per heavy atom. The van der Waals surface area contributed by atoms with E-state index in [1.165, 1.54) is 0 Å². The van der Waals surface area contributed by atoms with Crippen molar-refractivity contribution in [2.45, 2.75) is 46.6 Å². The van der Waals surface area contributed by atoms with Gasteiger partial charge in [-0.3, -0.25) is 4.79 Å². The highest BCUT2D eigenvalue weighted by atomic mass is 16.1. The Kier molecular flexibility index (Phi) is 5.14. The largest absolute Gasteiger partial charge is 0.321 e. The molecule has 0 aromatic heterocycles. The molecule has 0 saturated carbocycles. The van der Waals surface area contributed by atoms with Crippen LogP contribution in [0.5, 0.6) is 0 Å². The van der Waals surface area contributed by atoms with Crippen molar-refractivity contribution < 1.29 is 4.79 Å². The molecule has 2 heteroatoms. The smallest absolute Gasteiger partial charge is 0.152 e. The number of hydrogen-bond acceptors (Lipinski definition) is 2. The van der Waals surface area contributed by atoms with Gasteiger partial charge in [0.2, 0.25) is 0 Å². The van der Waals surface area contributed by atoms with Gasteiger partial charge in [0.15, 0.2) is 5.78 Å². The van der Waals surface area contributed by atoms with Crippen LogP contribution in [0.1, 0.15) is 40.5 Å². The Morgan fingerprint density at radius 2 is 1.83 bits per heavy atom. The van der Waals surface area contributed by atoms with E-state index in [0.29, 0.717) is 5.92 Å². The van der Waals surface area contributed by atoms with E-state index in [4.69, 9.17) is 5.73 Å². The van der Waals surface area contributed by atoms with Gasteiger partial charge in [-0.15, -0.1) is 0 Å². The zero-order valence-electron chi connectivity index (χ0n) is 8.63. The van der Waals surface area contributed by atoms with Crippen LogP contribution in [-0.4, -0.2) is 11.8 Å². The number of nitrogens with two attached hydrogens (primary N) is 1. The fraction of sp³-hybridized carbons (Fsp3) is 0.900. The van der Waals surface area contributed by atoms with Gasteiger partial charge in [-0.25, -0.2) is 0 Å². The van der Waals surface area contributed by atoms with Gasteiger partial charge in [0.25, 0.3) is 0 Å². The van der Waals surface area contributed by atoms with E-state index in [0.717, 1.165) is 12.8 Å². The van der Waals surface area contributed by atoms with Gasteiger partial charge in [-0.1, -0.05) is 27.7 Å². The van der Waals surface area contributed by atoms with Crippen molar-refractivity contribution in [3.63, 3.8) is 0 Å². The van der Waals surface area contributed by atoms with E-state index >= 15 is 0 Å². The summed E-state index contributed by atoms with van der Waals surface area (Å²) in [4.78, 5) is 11.5. The summed E-state index contributed by atoms with van der Waals surface area (Å²) in [6, 6.07) is -0.250. The van der Waals surface area contributed by atoms with Crippen LogP contribution in [0.2, 0.25) is 0 Å². The number of carbonyl (C=O) groups excluding carboxylic acids is 1. The van der Waals surface area contributed by atoms with Crippen molar-refractivity contribution in [1.29, 1.82) is 0 Å². The molecule has 0 aromatic carbocycles. The molecule has 0 aromatic rings.